The summed E-state index contributed by atoms with van der Waals surface area (Å²) >= 11 is 0. The predicted octanol–water partition coefficient (Wildman–Crippen LogP) is 0.625. The number of rotatable bonds is 3. The highest BCUT2D eigenvalue weighted by Crippen LogP contribution is 1.82. The lowest BCUT2D eigenvalue weighted by Gasteiger charge is -2.04. The van der Waals surface area contributed by atoms with E-state index in [0.717, 1.165) is 0 Å². The molecule has 58 valence electrons. The van der Waals surface area contributed by atoms with Gasteiger partial charge in [0.25, 0.3) is 0 Å². The average Bonchev–Trinajstić information content (AvgIpc) is 1.88. The van der Waals surface area contributed by atoms with E-state index < -0.39 is 0 Å². The zero-order valence-electron chi connectivity index (χ0n) is 6.63. The quantitative estimate of drug-likeness (QED) is 0.428. The second kappa shape index (κ2) is 4.85. The minimum Gasteiger partial charge on any atom is -0.501 e. The van der Waals surface area contributed by atoms with Gasteiger partial charge in [-0.25, -0.2) is 0 Å². The lowest BCUT2D eigenvalue weighted by Crippen LogP contribution is -2.18. The summed E-state index contributed by atoms with van der Waals surface area (Å²) in [6.45, 7) is 2.46. The number of likely N-dealkylation sites (N-methyl/N-ethyl adjacent to an activating group) is 1. The zero-order chi connectivity index (χ0) is 7.98. The molecule has 0 aromatic heterocycles. The van der Waals surface area contributed by atoms with E-state index in [9.17, 15) is 4.79 Å². The molecular formula is C7H13NO2. The van der Waals surface area contributed by atoms with Crippen molar-refractivity contribution < 1.29 is 9.53 Å². The Morgan fingerprint density at radius 1 is 1.60 bits per heavy atom. The van der Waals surface area contributed by atoms with Crippen LogP contribution in [0.4, 0.5) is 0 Å². The molecule has 0 aromatic rings. The van der Waals surface area contributed by atoms with Gasteiger partial charge < -0.3 is 9.64 Å². The second-order valence-electron chi connectivity index (χ2n) is 1.99. The third-order valence-electron chi connectivity index (χ3n) is 0.914. The van der Waals surface area contributed by atoms with Crippen LogP contribution in [0.1, 0.15) is 6.92 Å². The number of ether oxygens (including phenoxy) is 1. The highest BCUT2D eigenvalue weighted by Gasteiger charge is 1.94. The normalized spacial score (nSPS) is 9.90. The summed E-state index contributed by atoms with van der Waals surface area (Å²) < 4.78 is 4.83. The van der Waals surface area contributed by atoms with Gasteiger partial charge >= 0.3 is 0 Å². The maximum Gasteiger partial charge on any atom is 0.249 e. The van der Waals surface area contributed by atoms with Crippen LogP contribution < -0.4 is 0 Å². The fraction of sp³-hybridized carbons (Fsp3) is 0.571. The molecule has 0 aliphatic rings. The highest BCUT2D eigenvalue weighted by atomic mass is 16.5. The monoisotopic (exact) mass is 143 g/mol. The van der Waals surface area contributed by atoms with Crippen molar-refractivity contribution in [3.63, 3.8) is 0 Å². The van der Waals surface area contributed by atoms with Gasteiger partial charge in [0, 0.05) is 20.2 Å². The molecule has 0 atom stereocenters. The highest BCUT2D eigenvalue weighted by molar-refractivity contribution is 5.86. The van der Waals surface area contributed by atoms with Crippen molar-refractivity contribution >= 4 is 5.91 Å². The summed E-state index contributed by atoms with van der Waals surface area (Å²) in [6, 6.07) is 0. The molecule has 3 nitrogen and oxygen atoms in total. The molecule has 0 spiro atoms. The van der Waals surface area contributed by atoms with Crippen molar-refractivity contribution in [3.05, 3.63) is 12.3 Å². The number of carbonyl (C=O) groups is 1. The molecule has 0 bridgehead atoms. The fourth-order valence-electron chi connectivity index (χ4n) is 0.352. The zero-order valence-corrected chi connectivity index (χ0v) is 6.63. The van der Waals surface area contributed by atoms with Crippen molar-refractivity contribution in [2.45, 2.75) is 6.92 Å². The van der Waals surface area contributed by atoms with Crippen LogP contribution >= 0.6 is 0 Å². The van der Waals surface area contributed by atoms with Crippen LogP contribution in [0.15, 0.2) is 12.3 Å². The molecule has 0 aliphatic heterocycles. The summed E-state index contributed by atoms with van der Waals surface area (Å²) in [4.78, 5) is 12.3. The molecule has 0 aromatic carbocycles. The Bertz CT molecular complexity index is 130. The van der Waals surface area contributed by atoms with Gasteiger partial charge in [-0.15, -0.1) is 0 Å². The Morgan fingerprint density at radius 3 is 2.60 bits per heavy atom. The maximum absolute atomic E-state index is 10.8. The molecule has 3 heteroatoms. The summed E-state index contributed by atoms with van der Waals surface area (Å²) in [6.07, 6.45) is 2.80. The fourth-order valence-corrected chi connectivity index (χ4v) is 0.352. The summed E-state index contributed by atoms with van der Waals surface area (Å²) in [5, 5.41) is 0. The first kappa shape index (κ1) is 9.01. The van der Waals surface area contributed by atoms with E-state index in [1.165, 1.54) is 17.2 Å². The van der Waals surface area contributed by atoms with Crippen LogP contribution in [0, 0.1) is 0 Å². The van der Waals surface area contributed by atoms with E-state index in [1.54, 1.807) is 14.1 Å². The predicted molar refractivity (Wildman–Crippen MR) is 39.5 cm³/mol. The number of carbonyl (C=O) groups excluding carboxylic acids is 1. The first-order valence-electron chi connectivity index (χ1n) is 3.18. The van der Waals surface area contributed by atoms with Gasteiger partial charge in [0.1, 0.15) is 0 Å². The Labute approximate surface area is 61.3 Å². The van der Waals surface area contributed by atoms with E-state index in [2.05, 4.69) is 0 Å². The standard InChI is InChI=1S/C7H13NO2/c1-4-10-6-5-7(9)8(2)3/h5-6H,4H2,1-3H3/b6-5+. The Balaban J connectivity index is 3.56. The van der Waals surface area contributed by atoms with Crippen molar-refractivity contribution in [2.24, 2.45) is 0 Å². The van der Waals surface area contributed by atoms with Gasteiger partial charge in [0.05, 0.1) is 12.9 Å². The topological polar surface area (TPSA) is 29.5 Å². The van der Waals surface area contributed by atoms with Crippen LogP contribution in [0.3, 0.4) is 0 Å². The second-order valence-corrected chi connectivity index (χ2v) is 1.99. The number of hydrogen-bond acceptors (Lipinski definition) is 2. The first-order valence-corrected chi connectivity index (χ1v) is 3.18. The molecule has 0 heterocycles. The van der Waals surface area contributed by atoms with Crippen LogP contribution in [0.25, 0.3) is 0 Å². The number of nitrogens with zero attached hydrogens (tertiary/aromatic N) is 1. The van der Waals surface area contributed by atoms with E-state index in [0.29, 0.717) is 6.61 Å². The van der Waals surface area contributed by atoms with Gasteiger partial charge in [0.15, 0.2) is 0 Å². The molecule has 0 rings (SSSR count). The minimum atomic E-state index is -0.0616. The molecule has 0 aliphatic carbocycles. The number of amides is 1. The van der Waals surface area contributed by atoms with Crippen LogP contribution in [-0.4, -0.2) is 31.5 Å². The van der Waals surface area contributed by atoms with Gasteiger partial charge in [-0.3, -0.25) is 4.79 Å². The van der Waals surface area contributed by atoms with Crippen molar-refractivity contribution in [1.82, 2.24) is 4.90 Å². The third kappa shape index (κ3) is 3.95. The smallest absolute Gasteiger partial charge is 0.249 e. The van der Waals surface area contributed by atoms with Crippen molar-refractivity contribution in [1.29, 1.82) is 0 Å². The summed E-state index contributed by atoms with van der Waals surface area (Å²) in [5.74, 6) is -0.0616. The molecule has 10 heavy (non-hydrogen) atoms. The third-order valence-corrected chi connectivity index (χ3v) is 0.914. The van der Waals surface area contributed by atoms with Crippen molar-refractivity contribution in [2.75, 3.05) is 20.7 Å². The van der Waals surface area contributed by atoms with Crippen molar-refractivity contribution in [3.8, 4) is 0 Å². The lowest BCUT2D eigenvalue weighted by atomic mass is 10.5. The molecule has 0 N–H and O–H groups in total. The molecule has 0 saturated heterocycles. The van der Waals surface area contributed by atoms with E-state index in [4.69, 9.17) is 4.74 Å². The van der Waals surface area contributed by atoms with E-state index in [-0.39, 0.29) is 5.91 Å². The van der Waals surface area contributed by atoms with Gasteiger partial charge in [-0.05, 0) is 6.92 Å². The van der Waals surface area contributed by atoms with E-state index in [1.807, 2.05) is 6.92 Å². The van der Waals surface area contributed by atoms with Crippen LogP contribution in [-0.2, 0) is 9.53 Å². The van der Waals surface area contributed by atoms with Gasteiger partial charge in [0.2, 0.25) is 5.91 Å². The molecule has 1 amide bonds. The largest absolute Gasteiger partial charge is 0.501 e. The van der Waals surface area contributed by atoms with Gasteiger partial charge in [-0.2, -0.15) is 0 Å². The summed E-state index contributed by atoms with van der Waals surface area (Å²) in [5.41, 5.74) is 0. The maximum atomic E-state index is 10.8. The molecule has 0 radical (unpaired) electrons. The Hall–Kier alpha value is -0.990. The average molecular weight is 143 g/mol. The van der Waals surface area contributed by atoms with E-state index >= 15 is 0 Å². The molecule has 0 saturated carbocycles. The number of hydrogen-bond donors (Lipinski definition) is 0. The van der Waals surface area contributed by atoms with Crippen LogP contribution in [0.2, 0.25) is 0 Å². The first-order chi connectivity index (χ1) is 4.68. The molecule has 0 unspecified atom stereocenters. The Morgan fingerprint density at radius 2 is 2.20 bits per heavy atom. The molecular weight excluding hydrogens is 130 g/mol. The molecule has 0 fully saturated rings. The van der Waals surface area contributed by atoms with Gasteiger partial charge in [-0.1, -0.05) is 0 Å². The Kier molecular flexibility index (Phi) is 4.37. The summed E-state index contributed by atoms with van der Waals surface area (Å²) in [7, 11) is 3.39. The van der Waals surface area contributed by atoms with Crippen LogP contribution in [0.5, 0.6) is 0 Å². The minimum absolute atomic E-state index is 0.0616. The SMILES string of the molecule is CCO/C=C/C(=O)N(C)C. The lowest BCUT2D eigenvalue weighted by molar-refractivity contribution is -0.123.